The maximum absolute atomic E-state index is 12.2. The molecular formula is C21H26O3. The van der Waals surface area contributed by atoms with Gasteiger partial charge in [0.25, 0.3) is 0 Å². The molecule has 0 N–H and O–H groups in total. The minimum absolute atomic E-state index is 0.0283. The van der Waals surface area contributed by atoms with Gasteiger partial charge in [0.2, 0.25) is 0 Å². The standard InChI is InChI=1S/C21H26O3/c1-23-20-10-6-9-18(15-20)12-14-21(24-2)16-19(22)13-11-17-7-4-3-5-8-17/h3-10,15,21H,11-14,16H2,1-2H3/t21-/m1/s1. The van der Waals surface area contributed by atoms with Gasteiger partial charge in [-0.3, -0.25) is 4.79 Å². The zero-order chi connectivity index (χ0) is 17.2. The van der Waals surface area contributed by atoms with Crippen LogP contribution in [0.5, 0.6) is 5.75 Å². The van der Waals surface area contributed by atoms with Gasteiger partial charge in [-0.1, -0.05) is 42.5 Å². The Balaban J connectivity index is 1.77. The van der Waals surface area contributed by atoms with Gasteiger partial charge in [0.05, 0.1) is 13.2 Å². The molecule has 3 nitrogen and oxygen atoms in total. The first-order valence-corrected chi connectivity index (χ1v) is 8.42. The summed E-state index contributed by atoms with van der Waals surface area (Å²) in [5, 5.41) is 0. The monoisotopic (exact) mass is 326 g/mol. The van der Waals surface area contributed by atoms with Gasteiger partial charge < -0.3 is 9.47 Å². The molecule has 0 amide bonds. The Bertz CT molecular complexity index is 622. The predicted octanol–water partition coefficient (Wildman–Crippen LogP) is 4.23. The molecule has 0 aliphatic heterocycles. The molecule has 0 saturated heterocycles. The highest BCUT2D eigenvalue weighted by Crippen LogP contribution is 2.16. The highest BCUT2D eigenvalue weighted by molar-refractivity contribution is 5.79. The van der Waals surface area contributed by atoms with E-state index in [9.17, 15) is 4.79 Å². The predicted molar refractivity (Wildman–Crippen MR) is 96.5 cm³/mol. The van der Waals surface area contributed by atoms with Crippen molar-refractivity contribution in [2.24, 2.45) is 0 Å². The lowest BCUT2D eigenvalue weighted by Crippen LogP contribution is -2.17. The van der Waals surface area contributed by atoms with Crippen LogP contribution in [-0.2, 0) is 22.4 Å². The molecule has 0 bridgehead atoms. The molecule has 2 aromatic rings. The fourth-order valence-electron chi connectivity index (χ4n) is 2.74. The molecule has 128 valence electrons. The molecule has 0 aromatic heterocycles. The number of benzene rings is 2. The largest absolute Gasteiger partial charge is 0.497 e. The van der Waals surface area contributed by atoms with Gasteiger partial charge in [0.15, 0.2) is 0 Å². The van der Waals surface area contributed by atoms with Crippen molar-refractivity contribution in [3.05, 3.63) is 65.7 Å². The number of hydrogen-bond acceptors (Lipinski definition) is 3. The lowest BCUT2D eigenvalue weighted by molar-refractivity contribution is -0.121. The molecule has 0 aliphatic carbocycles. The number of rotatable bonds is 10. The van der Waals surface area contributed by atoms with Gasteiger partial charge in [0, 0.05) is 20.0 Å². The number of ether oxygens (including phenoxy) is 2. The second-order valence-electron chi connectivity index (χ2n) is 5.98. The Morgan fingerprint density at radius 3 is 2.42 bits per heavy atom. The van der Waals surface area contributed by atoms with Crippen molar-refractivity contribution in [2.45, 2.75) is 38.2 Å². The van der Waals surface area contributed by atoms with E-state index in [4.69, 9.17) is 9.47 Å². The summed E-state index contributed by atoms with van der Waals surface area (Å²) in [5.41, 5.74) is 2.41. The molecule has 0 fully saturated rings. The van der Waals surface area contributed by atoms with E-state index in [1.165, 1.54) is 11.1 Å². The van der Waals surface area contributed by atoms with Crippen LogP contribution < -0.4 is 4.74 Å². The van der Waals surface area contributed by atoms with Gasteiger partial charge in [-0.05, 0) is 42.5 Å². The Hall–Kier alpha value is -2.13. The summed E-state index contributed by atoms with van der Waals surface area (Å²) < 4.78 is 10.7. The minimum Gasteiger partial charge on any atom is -0.497 e. The molecular weight excluding hydrogens is 300 g/mol. The third kappa shape index (κ3) is 6.17. The van der Waals surface area contributed by atoms with Crippen LogP contribution in [0.1, 0.15) is 30.4 Å². The van der Waals surface area contributed by atoms with Gasteiger partial charge in [-0.25, -0.2) is 0 Å². The zero-order valence-electron chi connectivity index (χ0n) is 14.5. The fourth-order valence-corrected chi connectivity index (χ4v) is 2.74. The molecule has 0 radical (unpaired) electrons. The van der Waals surface area contributed by atoms with Crippen LogP contribution >= 0.6 is 0 Å². The summed E-state index contributed by atoms with van der Waals surface area (Å²) in [6, 6.07) is 18.2. The van der Waals surface area contributed by atoms with E-state index >= 15 is 0 Å². The fraction of sp³-hybridized carbons (Fsp3) is 0.381. The maximum atomic E-state index is 12.2. The number of carbonyl (C=O) groups excluding carboxylic acids is 1. The number of ketones is 1. The van der Waals surface area contributed by atoms with Gasteiger partial charge in [-0.15, -0.1) is 0 Å². The number of aryl methyl sites for hydroxylation is 2. The van der Waals surface area contributed by atoms with E-state index < -0.39 is 0 Å². The molecule has 0 spiro atoms. The Labute approximate surface area is 144 Å². The SMILES string of the molecule is COc1cccc(CC[C@H](CC(=O)CCc2ccccc2)OC)c1. The Morgan fingerprint density at radius 2 is 1.71 bits per heavy atom. The normalized spacial score (nSPS) is 11.9. The molecule has 1 atom stereocenters. The molecule has 24 heavy (non-hydrogen) atoms. The maximum Gasteiger partial charge on any atom is 0.135 e. The van der Waals surface area contributed by atoms with Crippen molar-refractivity contribution in [1.82, 2.24) is 0 Å². The summed E-state index contributed by atoms with van der Waals surface area (Å²) in [5.74, 6) is 1.12. The van der Waals surface area contributed by atoms with E-state index in [0.29, 0.717) is 12.8 Å². The molecule has 0 aliphatic rings. The highest BCUT2D eigenvalue weighted by atomic mass is 16.5. The van der Waals surface area contributed by atoms with Crippen molar-refractivity contribution in [3.63, 3.8) is 0 Å². The lowest BCUT2D eigenvalue weighted by Gasteiger charge is -2.15. The smallest absolute Gasteiger partial charge is 0.135 e. The van der Waals surface area contributed by atoms with Crippen molar-refractivity contribution in [1.29, 1.82) is 0 Å². The summed E-state index contributed by atoms with van der Waals surface area (Å²) in [4.78, 5) is 12.2. The van der Waals surface area contributed by atoms with E-state index in [1.807, 2.05) is 36.4 Å². The first-order chi connectivity index (χ1) is 11.7. The van der Waals surface area contributed by atoms with Crippen LogP contribution in [0, 0.1) is 0 Å². The zero-order valence-corrected chi connectivity index (χ0v) is 14.5. The van der Waals surface area contributed by atoms with E-state index in [2.05, 4.69) is 18.2 Å². The molecule has 2 aromatic carbocycles. The molecule has 0 saturated carbocycles. The van der Waals surface area contributed by atoms with Crippen LogP contribution in [0.2, 0.25) is 0 Å². The van der Waals surface area contributed by atoms with E-state index in [0.717, 1.165) is 25.0 Å². The second-order valence-corrected chi connectivity index (χ2v) is 5.98. The molecule has 0 heterocycles. The summed E-state index contributed by atoms with van der Waals surface area (Å²) in [6.45, 7) is 0. The first-order valence-electron chi connectivity index (χ1n) is 8.42. The first kappa shape index (κ1) is 18.2. The van der Waals surface area contributed by atoms with E-state index in [-0.39, 0.29) is 11.9 Å². The van der Waals surface area contributed by atoms with Crippen molar-refractivity contribution in [2.75, 3.05) is 14.2 Å². The number of carbonyl (C=O) groups is 1. The Kier molecular flexibility index (Phi) is 7.50. The van der Waals surface area contributed by atoms with Gasteiger partial charge in [-0.2, -0.15) is 0 Å². The quantitative estimate of drug-likeness (QED) is 0.655. The summed E-state index contributed by atoms with van der Waals surface area (Å²) >= 11 is 0. The number of methoxy groups -OCH3 is 2. The highest BCUT2D eigenvalue weighted by Gasteiger charge is 2.13. The van der Waals surface area contributed by atoms with Crippen LogP contribution in [0.25, 0.3) is 0 Å². The van der Waals surface area contributed by atoms with Gasteiger partial charge >= 0.3 is 0 Å². The van der Waals surface area contributed by atoms with Crippen LogP contribution in [-0.4, -0.2) is 26.1 Å². The summed E-state index contributed by atoms with van der Waals surface area (Å²) in [7, 11) is 3.35. The van der Waals surface area contributed by atoms with Crippen molar-refractivity contribution in [3.8, 4) is 5.75 Å². The van der Waals surface area contributed by atoms with Gasteiger partial charge in [0.1, 0.15) is 11.5 Å². The topological polar surface area (TPSA) is 35.5 Å². The summed E-state index contributed by atoms with van der Waals surface area (Å²) in [6.07, 6.45) is 3.53. The molecule has 3 heteroatoms. The second kappa shape index (κ2) is 9.89. The van der Waals surface area contributed by atoms with Crippen LogP contribution in [0.15, 0.2) is 54.6 Å². The Morgan fingerprint density at radius 1 is 0.958 bits per heavy atom. The van der Waals surface area contributed by atoms with Crippen LogP contribution in [0.4, 0.5) is 0 Å². The molecule has 0 unspecified atom stereocenters. The third-order valence-electron chi connectivity index (χ3n) is 4.21. The molecule has 2 rings (SSSR count). The van der Waals surface area contributed by atoms with Crippen LogP contribution in [0.3, 0.4) is 0 Å². The third-order valence-corrected chi connectivity index (χ3v) is 4.21. The van der Waals surface area contributed by atoms with E-state index in [1.54, 1.807) is 14.2 Å². The van der Waals surface area contributed by atoms with Crippen molar-refractivity contribution < 1.29 is 14.3 Å². The average Bonchev–Trinajstić information content (AvgIpc) is 2.64. The minimum atomic E-state index is -0.0283. The lowest BCUT2D eigenvalue weighted by atomic mass is 10.00. The van der Waals surface area contributed by atoms with Crippen molar-refractivity contribution >= 4 is 5.78 Å². The average molecular weight is 326 g/mol. The number of Topliss-reactive ketones (excluding diaryl/α,β-unsaturated/α-hetero) is 1. The number of hydrogen-bond donors (Lipinski definition) is 0.